The van der Waals surface area contributed by atoms with E-state index >= 15 is 0 Å². The minimum Gasteiger partial charge on any atom is -0.399 e. The van der Waals surface area contributed by atoms with Crippen LogP contribution >= 0.6 is 23.2 Å². The summed E-state index contributed by atoms with van der Waals surface area (Å²) in [5, 5.41) is 3.45. The number of rotatable bonds is 5. The lowest BCUT2D eigenvalue weighted by Gasteiger charge is -2.32. The average Bonchev–Trinajstić information content (AvgIpc) is 2.39. The van der Waals surface area contributed by atoms with Gasteiger partial charge in [0.05, 0.1) is 21.8 Å². The van der Waals surface area contributed by atoms with Gasteiger partial charge in [-0.2, -0.15) is 0 Å². The Labute approximate surface area is 136 Å². The highest BCUT2D eigenvalue weighted by Crippen LogP contribution is 2.33. The van der Waals surface area contributed by atoms with Crippen LogP contribution in [0, 0.1) is 5.92 Å². The quantitative estimate of drug-likeness (QED) is 0.805. The summed E-state index contributed by atoms with van der Waals surface area (Å²) < 4.78 is 0. The molecule has 1 rings (SSSR count). The van der Waals surface area contributed by atoms with Gasteiger partial charge in [-0.05, 0) is 38.9 Å². The Morgan fingerprint density at radius 1 is 1.19 bits per heavy atom. The van der Waals surface area contributed by atoms with E-state index in [1.165, 1.54) is 0 Å². The number of likely N-dealkylation sites (N-methyl/N-ethyl adjacent to an activating group) is 1. The summed E-state index contributed by atoms with van der Waals surface area (Å²) in [6.07, 6.45) is 0. The largest absolute Gasteiger partial charge is 0.399 e. The predicted octanol–water partition coefficient (Wildman–Crippen LogP) is 3.88. The molecule has 4 nitrogen and oxygen atoms in total. The molecule has 0 saturated carbocycles. The Morgan fingerprint density at radius 2 is 1.67 bits per heavy atom. The van der Waals surface area contributed by atoms with E-state index in [0.29, 0.717) is 27.3 Å². The number of carbonyl (C=O) groups is 1. The van der Waals surface area contributed by atoms with Crippen LogP contribution in [0.3, 0.4) is 0 Å². The first-order valence-electron chi connectivity index (χ1n) is 6.92. The van der Waals surface area contributed by atoms with Crippen molar-refractivity contribution in [3.05, 3.63) is 22.2 Å². The summed E-state index contributed by atoms with van der Waals surface area (Å²) in [7, 11) is 1.93. The van der Waals surface area contributed by atoms with Gasteiger partial charge in [-0.15, -0.1) is 0 Å². The standard InChI is InChI=1S/C15H23Cl2N3O/c1-8(2)9(3)20(5)10(4)15(21)19-14-12(16)6-11(18)7-13(14)17/h6-10H,18H2,1-5H3,(H,19,21). The second-order valence-corrected chi connectivity index (χ2v) is 6.49. The van der Waals surface area contributed by atoms with Gasteiger partial charge in [-0.25, -0.2) is 0 Å². The summed E-state index contributed by atoms with van der Waals surface area (Å²) in [4.78, 5) is 14.4. The molecule has 1 amide bonds. The minimum absolute atomic E-state index is 0.154. The van der Waals surface area contributed by atoms with Crippen molar-refractivity contribution in [2.75, 3.05) is 18.1 Å². The van der Waals surface area contributed by atoms with Gasteiger partial charge < -0.3 is 11.1 Å². The average molecular weight is 332 g/mol. The van der Waals surface area contributed by atoms with E-state index in [1.54, 1.807) is 12.1 Å². The lowest BCUT2D eigenvalue weighted by molar-refractivity contribution is -0.121. The highest BCUT2D eigenvalue weighted by molar-refractivity contribution is 6.40. The third-order valence-electron chi connectivity index (χ3n) is 3.91. The smallest absolute Gasteiger partial charge is 0.241 e. The molecule has 1 aromatic carbocycles. The molecule has 0 fully saturated rings. The number of hydrogen-bond acceptors (Lipinski definition) is 3. The maximum Gasteiger partial charge on any atom is 0.241 e. The summed E-state index contributed by atoms with van der Waals surface area (Å²) in [5.74, 6) is 0.299. The van der Waals surface area contributed by atoms with Crippen LogP contribution in [0.5, 0.6) is 0 Å². The Balaban J connectivity index is 2.87. The number of nitrogens with two attached hydrogens (primary N) is 1. The molecule has 6 heteroatoms. The SMILES string of the molecule is CC(C)C(C)N(C)C(C)C(=O)Nc1c(Cl)cc(N)cc1Cl. The number of benzene rings is 1. The highest BCUT2D eigenvalue weighted by atomic mass is 35.5. The number of hydrogen-bond donors (Lipinski definition) is 2. The van der Waals surface area contributed by atoms with Crippen LogP contribution in [-0.4, -0.2) is 29.9 Å². The number of amides is 1. The van der Waals surface area contributed by atoms with Crippen LogP contribution in [0.15, 0.2) is 12.1 Å². The molecule has 0 aliphatic carbocycles. The zero-order valence-corrected chi connectivity index (χ0v) is 14.6. The highest BCUT2D eigenvalue weighted by Gasteiger charge is 2.25. The summed E-state index contributed by atoms with van der Waals surface area (Å²) >= 11 is 12.2. The predicted molar refractivity (Wildman–Crippen MR) is 91.0 cm³/mol. The molecule has 3 N–H and O–H groups in total. The topological polar surface area (TPSA) is 58.4 Å². The van der Waals surface area contributed by atoms with Crippen LogP contribution in [0.4, 0.5) is 11.4 Å². The molecule has 2 atom stereocenters. The number of nitrogens with zero attached hydrogens (tertiary/aromatic N) is 1. The van der Waals surface area contributed by atoms with Gasteiger partial charge in [-0.3, -0.25) is 9.69 Å². The molecule has 0 aromatic heterocycles. The van der Waals surface area contributed by atoms with Crippen molar-refractivity contribution in [1.29, 1.82) is 0 Å². The maximum atomic E-state index is 12.4. The fourth-order valence-electron chi connectivity index (χ4n) is 1.95. The minimum atomic E-state index is -0.299. The Kier molecular flexibility index (Phi) is 6.32. The number of nitrogens with one attached hydrogen (secondary N) is 1. The molecule has 0 heterocycles. The monoisotopic (exact) mass is 331 g/mol. The first-order valence-corrected chi connectivity index (χ1v) is 7.68. The van der Waals surface area contributed by atoms with E-state index in [1.807, 2.05) is 18.9 Å². The fourth-order valence-corrected chi connectivity index (χ4v) is 2.55. The molecule has 0 radical (unpaired) electrons. The number of carbonyl (C=O) groups excluding carboxylic acids is 1. The lowest BCUT2D eigenvalue weighted by atomic mass is 10.0. The molecule has 1 aromatic rings. The molecular weight excluding hydrogens is 309 g/mol. The van der Waals surface area contributed by atoms with E-state index in [4.69, 9.17) is 28.9 Å². The van der Waals surface area contributed by atoms with Crippen molar-refractivity contribution in [1.82, 2.24) is 4.90 Å². The molecule has 118 valence electrons. The molecule has 0 spiro atoms. The zero-order valence-electron chi connectivity index (χ0n) is 13.1. The number of halogens is 2. The van der Waals surface area contributed by atoms with Crippen LogP contribution in [0.2, 0.25) is 10.0 Å². The van der Waals surface area contributed by atoms with Crippen molar-refractivity contribution < 1.29 is 4.79 Å². The molecule has 21 heavy (non-hydrogen) atoms. The van der Waals surface area contributed by atoms with E-state index < -0.39 is 0 Å². The molecular formula is C15H23Cl2N3O. The van der Waals surface area contributed by atoms with Crippen molar-refractivity contribution in [2.45, 2.75) is 39.8 Å². The second-order valence-electron chi connectivity index (χ2n) is 5.67. The normalized spacial score (nSPS) is 14.3. The Morgan fingerprint density at radius 3 is 2.10 bits per heavy atom. The van der Waals surface area contributed by atoms with Crippen molar-refractivity contribution in [2.24, 2.45) is 5.92 Å². The van der Waals surface area contributed by atoms with Gasteiger partial charge in [0, 0.05) is 11.7 Å². The van der Waals surface area contributed by atoms with Crippen LogP contribution in [-0.2, 0) is 4.79 Å². The molecule has 0 saturated heterocycles. The lowest BCUT2D eigenvalue weighted by Crippen LogP contribution is -2.46. The summed E-state index contributed by atoms with van der Waals surface area (Å²) in [5.41, 5.74) is 6.51. The van der Waals surface area contributed by atoms with Crippen LogP contribution in [0.1, 0.15) is 27.7 Å². The molecule has 0 bridgehead atoms. The first-order chi connectivity index (χ1) is 9.65. The Hall–Kier alpha value is -0.970. The number of nitrogen functional groups attached to an aromatic ring is 1. The first kappa shape index (κ1) is 18.1. The van der Waals surface area contributed by atoms with Crippen molar-refractivity contribution in [3.8, 4) is 0 Å². The third-order valence-corrected chi connectivity index (χ3v) is 4.51. The molecule has 0 aliphatic rings. The number of anilines is 2. The van der Waals surface area contributed by atoms with Crippen molar-refractivity contribution >= 4 is 40.5 Å². The van der Waals surface area contributed by atoms with Crippen molar-refractivity contribution in [3.63, 3.8) is 0 Å². The van der Waals surface area contributed by atoms with Gasteiger partial charge in [-0.1, -0.05) is 37.0 Å². The molecule has 2 unspecified atom stereocenters. The second kappa shape index (κ2) is 7.34. The van der Waals surface area contributed by atoms with E-state index in [-0.39, 0.29) is 18.0 Å². The van der Waals surface area contributed by atoms with Gasteiger partial charge in [0.15, 0.2) is 0 Å². The maximum absolute atomic E-state index is 12.4. The zero-order chi connectivity index (χ0) is 16.3. The Bertz CT molecular complexity index is 497. The van der Waals surface area contributed by atoms with E-state index in [9.17, 15) is 4.79 Å². The van der Waals surface area contributed by atoms with Gasteiger partial charge in [0.1, 0.15) is 0 Å². The third kappa shape index (κ3) is 4.50. The molecule has 0 aliphatic heterocycles. The van der Waals surface area contributed by atoms with Gasteiger partial charge >= 0.3 is 0 Å². The summed E-state index contributed by atoms with van der Waals surface area (Å²) in [6, 6.07) is 3.11. The van der Waals surface area contributed by atoms with Crippen LogP contribution in [0.25, 0.3) is 0 Å². The van der Waals surface area contributed by atoms with Crippen LogP contribution < -0.4 is 11.1 Å². The summed E-state index contributed by atoms with van der Waals surface area (Å²) in [6.45, 7) is 8.20. The van der Waals surface area contributed by atoms with E-state index in [0.717, 1.165) is 0 Å². The van der Waals surface area contributed by atoms with E-state index in [2.05, 4.69) is 26.1 Å². The van der Waals surface area contributed by atoms with Gasteiger partial charge in [0.2, 0.25) is 5.91 Å². The van der Waals surface area contributed by atoms with Gasteiger partial charge in [0.25, 0.3) is 0 Å². The fraction of sp³-hybridized carbons (Fsp3) is 0.533.